The smallest absolute Gasteiger partial charge is 0.0865 e. The number of piperidine rings is 1. The van der Waals surface area contributed by atoms with Crippen LogP contribution in [0, 0.1) is 11.8 Å². The molecule has 4 nitrogen and oxygen atoms in total. The molecular formula is C17H39N3O. The maximum atomic E-state index is 5.48. The highest BCUT2D eigenvalue weighted by molar-refractivity contribution is 4.89. The Bertz CT molecular complexity index is 232. The standard InChI is InChI=1S/C7H13N.C6H12N2O.2C2H6.H2/c1-2-7-5-8-4-3-6(1)7;1-2-9-6-4-7-3-5(6)8-1;2*1-2;/h6-8H,1-5H2;5-8H,1-4H2;2*1-2H3;1H. The molecule has 0 aromatic heterocycles. The van der Waals surface area contributed by atoms with E-state index in [1.807, 2.05) is 27.7 Å². The van der Waals surface area contributed by atoms with Crippen molar-refractivity contribution in [1.29, 1.82) is 0 Å². The first-order valence-electron chi connectivity index (χ1n) is 9.20. The van der Waals surface area contributed by atoms with E-state index in [-0.39, 0.29) is 1.43 Å². The maximum absolute atomic E-state index is 5.48. The molecule has 4 unspecified atom stereocenters. The minimum absolute atomic E-state index is 0. The van der Waals surface area contributed by atoms with Crippen LogP contribution >= 0.6 is 0 Å². The number of nitrogens with one attached hydrogen (secondary N) is 3. The number of rotatable bonds is 0. The number of ether oxygens (including phenoxy) is 1. The minimum Gasteiger partial charge on any atom is -0.374 e. The van der Waals surface area contributed by atoms with Crippen molar-refractivity contribution in [2.24, 2.45) is 11.8 Å². The molecule has 0 bridgehead atoms. The van der Waals surface area contributed by atoms with Gasteiger partial charge in [-0.2, -0.15) is 0 Å². The van der Waals surface area contributed by atoms with Crippen molar-refractivity contribution < 1.29 is 6.16 Å². The lowest BCUT2D eigenvalue weighted by Crippen LogP contribution is -2.47. The Morgan fingerprint density at radius 2 is 1.57 bits per heavy atom. The van der Waals surface area contributed by atoms with E-state index < -0.39 is 0 Å². The molecule has 0 aromatic carbocycles. The second-order valence-corrected chi connectivity index (χ2v) is 5.72. The second-order valence-electron chi connectivity index (χ2n) is 5.72. The molecule has 1 saturated carbocycles. The highest BCUT2D eigenvalue weighted by Gasteiger charge is 2.32. The summed E-state index contributed by atoms with van der Waals surface area (Å²) in [7, 11) is 0. The van der Waals surface area contributed by atoms with Crippen LogP contribution in [0.25, 0.3) is 0 Å². The Morgan fingerprint density at radius 1 is 0.810 bits per heavy atom. The largest absolute Gasteiger partial charge is 0.374 e. The monoisotopic (exact) mass is 301 g/mol. The number of hydrogen-bond donors (Lipinski definition) is 3. The summed E-state index contributed by atoms with van der Waals surface area (Å²) < 4.78 is 5.48. The van der Waals surface area contributed by atoms with Gasteiger partial charge in [0.25, 0.3) is 0 Å². The maximum Gasteiger partial charge on any atom is 0.0865 e. The Hall–Kier alpha value is -0.160. The zero-order valence-electron chi connectivity index (χ0n) is 14.6. The first-order valence-corrected chi connectivity index (χ1v) is 9.20. The second kappa shape index (κ2) is 11.4. The van der Waals surface area contributed by atoms with Gasteiger partial charge in [0.05, 0.1) is 12.7 Å². The Kier molecular flexibility index (Phi) is 10.3. The molecule has 0 aromatic rings. The number of hydrogen-bond acceptors (Lipinski definition) is 4. The fourth-order valence-corrected chi connectivity index (χ4v) is 3.35. The summed E-state index contributed by atoms with van der Waals surface area (Å²) in [5.41, 5.74) is 0. The molecule has 3 aliphatic heterocycles. The summed E-state index contributed by atoms with van der Waals surface area (Å²) in [5, 5.41) is 10.1. The van der Waals surface area contributed by atoms with Crippen LogP contribution in [0.5, 0.6) is 0 Å². The van der Waals surface area contributed by atoms with Crippen LogP contribution in [0.1, 0.15) is 48.4 Å². The fraction of sp³-hybridized carbons (Fsp3) is 1.00. The highest BCUT2D eigenvalue weighted by atomic mass is 16.5. The van der Waals surface area contributed by atoms with E-state index in [9.17, 15) is 0 Å². The van der Waals surface area contributed by atoms with Crippen molar-refractivity contribution in [1.82, 2.24) is 16.0 Å². The van der Waals surface area contributed by atoms with Crippen molar-refractivity contribution in [3.8, 4) is 0 Å². The van der Waals surface area contributed by atoms with Crippen molar-refractivity contribution in [3.63, 3.8) is 0 Å². The third-order valence-electron chi connectivity index (χ3n) is 4.67. The lowest BCUT2D eigenvalue weighted by Gasteiger charge is -2.40. The van der Waals surface area contributed by atoms with Gasteiger partial charge in [0, 0.05) is 27.1 Å². The molecule has 0 amide bonds. The van der Waals surface area contributed by atoms with E-state index >= 15 is 0 Å². The molecule has 3 saturated heterocycles. The summed E-state index contributed by atoms with van der Waals surface area (Å²) in [4.78, 5) is 0. The van der Waals surface area contributed by atoms with Gasteiger partial charge in [-0.15, -0.1) is 0 Å². The van der Waals surface area contributed by atoms with Crippen molar-refractivity contribution >= 4 is 0 Å². The fourth-order valence-electron chi connectivity index (χ4n) is 3.35. The summed E-state index contributed by atoms with van der Waals surface area (Å²) in [6.45, 7) is 14.6. The zero-order chi connectivity index (χ0) is 15.5. The van der Waals surface area contributed by atoms with Crippen LogP contribution in [0.2, 0.25) is 0 Å². The average Bonchev–Trinajstić information content (AvgIpc) is 3.02. The van der Waals surface area contributed by atoms with E-state index in [0.717, 1.165) is 38.1 Å². The van der Waals surface area contributed by atoms with Gasteiger partial charge in [0.1, 0.15) is 0 Å². The van der Waals surface area contributed by atoms with Crippen LogP contribution in [0.4, 0.5) is 0 Å². The summed E-state index contributed by atoms with van der Waals surface area (Å²) >= 11 is 0. The molecular weight excluding hydrogens is 262 g/mol. The molecule has 3 heterocycles. The SMILES string of the molecule is C1CC2CCC2CN1.C1COC2CNCC2N1.CC.CC.[HH]. The molecule has 4 rings (SSSR count). The molecule has 1 aliphatic carbocycles. The number of fused-ring (bicyclic) bond motifs is 2. The molecule has 0 radical (unpaired) electrons. The van der Waals surface area contributed by atoms with Crippen LogP contribution in [0.15, 0.2) is 0 Å². The van der Waals surface area contributed by atoms with Gasteiger partial charge in [0.2, 0.25) is 0 Å². The Morgan fingerprint density at radius 3 is 2.10 bits per heavy atom. The van der Waals surface area contributed by atoms with Gasteiger partial charge in [-0.25, -0.2) is 0 Å². The van der Waals surface area contributed by atoms with Gasteiger partial charge in [-0.3, -0.25) is 0 Å². The summed E-state index contributed by atoms with van der Waals surface area (Å²) in [6.07, 6.45) is 4.91. The predicted octanol–water partition coefficient (Wildman–Crippen LogP) is 2.25. The topological polar surface area (TPSA) is 45.3 Å². The number of morpholine rings is 1. The van der Waals surface area contributed by atoms with Gasteiger partial charge < -0.3 is 20.7 Å². The van der Waals surface area contributed by atoms with E-state index in [1.54, 1.807) is 0 Å². The molecule has 4 fully saturated rings. The molecule has 4 aliphatic rings. The summed E-state index contributed by atoms with van der Waals surface area (Å²) in [5.74, 6) is 2.19. The van der Waals surface area contributed by atoms with Crippen LogP contribution in [-0.4, -0.2) is 51.5 Å². The summed E-state index contributed by atoms with van der Waals surface area (Å²) in [6, 6.07) is 0.582. The molecule has 4 atom stereocenters. The van der Waals surface area contributed by atoms with Gasteiger partial charge in [-0.1, -0.05) is 27.7 Å². The minimum atomic E-state index is 0. The lowest BCUT2D eigenvalue weighted by atomic mass is 9.70. The van der Waals surface area contributed by atoms with Gasteiger partial charge in [0.15, 0.2) is 0 Å². The Labute approximate surface area is 133 Å². The normalized spacial score (nSPS) is 36.0. The van der Waals surface area contributed by atoms with Crippen LogP contribution < -0.4 is 16.0 Å². The van der Waals surface area contributed by atoms with E-state index in [2.05, 4.69) is 16.0 Å². The molecule has 21 heavy (non-hydrogen) atoms. The highest BCUT2D eigenvalue weighted by Crippen LogP contribution is 2.37. The third kappa shape index (κ3) is 5.85. The first-order chi connectivity index (χ1) is 10.4. The van der Waals surface area contributed by atoms with Crippen molar-refractivity contribution in [2.45, 2.75) is 59.1 Å². The molecule has 0 spiro atoms. The van der Waals surface area contributed by atoms with Crippen molar-refractivity contribution in [2.75, 3.05) is 39.3 Å². The van der Waals surface area contributed by atoms with E-state index in [4.69, 9.17) is 4.74 Å². The first kappa shape index (κ1) is 18.9. The Balaban J connectivity index is 0.000000318. The van der Waals surface area contributed by atoms with Crippen LogP contribution in [0.3, 0.4) is 0 Å². The van der Waals surface area contributed by atoms with Gasteiger partial charge in [-0.05, 0) is 44.2 Å². The molecule has 4 heteroatoms. The van der Waals surface area contributed by atoms with Crippen LogP contribution in [-0.2, 0) is 4.74 Å². The van der Waals surface area contributed by atoms with Crippen molar-refractivity contribution in [3.05, 3.63) is 0 Å². The average molecular weight is 302 g/mol. The quantitative estimate of drug-likeness (QED) is 0.642. The van der Waals surface area contributed by atoms with E-state index in [0.29, 0.717) is 12.1 Å². The zero-order valence-corrected chi connectivity index (χ0v) is 14.6. The molecule has 128 valence electrons. The van der Waals surface area contributed by atoms with E-state index in [1.165, 1.54) is 32.4 Å². The third-order valence-corrected chi connectivity index (χ3v) is 4.67. The van der Waals surface area contributed by atoms with Gasteiger partial charge >= 0.3 is 0 Å². The lowest BCUT2D eigenvalue weighted by molar-refractivity contribution is 0.0207. The molecule has 3 N–H and O–H groups in total. The predicted molar refractivity (Wildman–Crippen MR) is 92.9 cm³/mol.